The van der Waals surface area contributed by atoms with Gasteiger partial charge in [-0.3, -0.25) is 0 Å². The van der Waals surface area contributed by atoms with Gasteiger partial charge in [0.25, 0.3) is 0 Å². The van der Waals surface area contributed by atoms with Crippen LogP contribution in [0.5, 0.6) is 0 Å². The van der Waals surface area contributed by atoms with Gasteiger partial charge in [0.2, 0.25) is 0 Å². The normalized spacial score (nSPS) is 12.0. The fourth-order valence-electron chi connectivity index (χ4n) is 1.04. The van der Waals surface area contributed by atoms with E-state index in [9.17, 15) is 0 Å². The van der Waals surface area contributed by atoms with Gasteiger partial charge in [-0.15, -0.1) is 0 Å². The van der Waals surface area contributed by atoms with E-state index in [0.717, 1.165) is 0 Å². The molecule has 0 spiro atoms. The van der Waals surface area contributed by atoms with Crippen molar-refractivity contribution in [2.24, 2.45) is 0 Å². The summed E-state index contributed by atoms with van der Waals surface area (Å²) >= 11 is 7.84. The summed E-state index contributed by atoms with van der Waals surface area (Å²) in [5.41, 5.74) is 0. The summed E-state index contributed by atoms with van der Waals surface area (Å²) in [4.78, 5) is 0. The van der Waals surface area contributed by atoms with Gasteiger partial charge in [0.05, 0.1) is 0 Å². The first-order valence-corrected chi connectivity index (χ1v) is 6.37. The number of alkyl halides is 1. The Balaban J connectivity index is 3.43. The van der Waals surface area contributed by atoms with E-state index in [0.29, 0.717) is 0 Å². The molecule has 0 N–H and O–H groups in total. The van der Waals surface area contributed by atoms with E-state index in [1.54, 1.807) is 0 Å². The van der Waals surface area contributed by atoms with E-state index >= 15 is 0 Å². The third-order valence-electron chi connectivity index (χ3n) is 1.85. The number of hydrogen-bond donors (Lipinski definition) is 0. The fourth-order valence-corrected chi connectivity index (χ4v) is 2.32. The molecule has 0 rings (SSSR count). The molecule has 0 atom stereocenters. The molecule has 0 heterocycles. The van der Waals surface area contributed by atoms with Gasteiger partial charge in [0.1, 0.15) is 0 Å². The van der Waals surface area contributed by atoms with E-state index in [1.165, 1.54) is 61.0 Å². The van der Waals surface area contributed by atoms with Crippen molar-refractivity contribution in [1.82, 2.24) is 0 Å². The molecular weight excluding hydrogens is 262 g/mol. The molecule has 0 unspecified atom stereocenters. The third kappa shape index (κ3) is 7.45. The Kier molecular flexibility index (Phi) is 7.24. The third-order valence-corrected chi connectivity index (χ3v) is 3.66. The van der Waals surface area contributed by atoms with Crippen molar-refractivity contribution < 1.29 is 0 Å². The zero-order valence-corrected chi connectivity index (χ0v) is 11.2. The average Bonchev–Trinajstić information content (AvgIpc) is 1.97. The molecule has 0 amide bonds. The molecule has 0 nitrogen and oxygen atoms in total. The monoisotopic (exact) mass is 281 g/mol. The van der Waals surface area contributed by atoms with Gasteiger partial charge in [-0.05, 0) is 0 Å². The molecule has 11 heavy (non-hydrogen) atoms. The van der Waals surface area contributed by atoms with E-state index in [1.807, 2.05) is 0 Å². The molecule has 0 aromatic heterocycles. The Labute approximate surface area is 89.2 Å². The van der Waals surface area contributed by atoms with Crippen molar-refractivity contribution in [2.75, 3.05) is 0 Å². The predicted octanol–water partition coefficient (Wildman–Crippen LogP) is 3.47. The molecule has 0 aliphatic carbocycles. The van der Waals surface area contributed by atoms with Crippen LogP contribution in [0.15, 0.2) is 0 Å². The van der Waals surface area contributed by atoms with Crippen LogP contribution in [0.3, 0.4) is 0 Å². The van der Waals surface area contributed by atoms with Crippen LogP contribution in [0, 0.1) is 0 Å². The van der Waals surface area contributed by atoms with Crippen LogP contribution in [0.2, 0.25) is 0 Å². The Morgan fingerprint density at radius 2 is 1.45 bits per heavy atom. The molecule has 0 fully saturated rings. The van der Waals surface area contributed by atoms with E-state index < -0.39 is 0 Å². The summed E-state index contributed by atoms with van der Waals surface area (Å²) in [5, 5.41) is 0. The first-order valence-electron chi connectivity index (χ1n) is 4.56. The van der Waals surface area contributed by atoms with Crippen molar-refractivity contribution in [3.05, 3.63) is 0 Å². The van der Waals surface area contributed by atoms with Gasteiger partial charge < -0.3 is 0 Å². The van der Waals surface area contributed by atoms with Crippen molar-refractivity contribution >= 4 is 34.1 Å². The first-order chi connectivity index (χ1) is 5.12. The van der Waals surface area contributed by atoms with Gasteiger partial charge >= 0.3 is 89.4 Å². The molecule has 2 heteroatoms. The number of hydrogen-bond acceptors (Lipinski definition) is 0. The standard InChI is InChI=1S/C9H18Cl.Sn/c1-3-5-7-9(10)8-6-4-2;/h3-8H2,1-2H3;. The zero-order valence-electron chi connectivity index (χ0n) is 7.62. The number of unbranched alkanes of at least 4 members (excludes halogenated alkanes) is 2. The van der Waals surface area contributed by atoms with Crippen LogP contribution in [-0.4, -0.2) is 25.4 Å². The summed E-state index contributed by atoms with van der Waals surface area (Å²) in [5.74, 6) is 0. The van der Waals surface area contributed by atoms with Crippen LogP contribution >= 0.6 is 11.6 Å². The van der Waals surface area contributed by atoms with Crippen molar-refractivity contribution in [3.8, 4) is 0 Å². The zero-order chi connectivity index (χ0) is 8.74. The summed E-state index contributed by atoms with van der Waals surface area (Å²) in [7, 11) is 0. The Bertz CT molecular complexity index is 81.6. The van der Waals surface area contributed by atoms with Crippen LogP contribution in [-0.2, 0) is 0 Å². The van der Waals surface area contributed by atoms with Gasteiger partial charge in [-0.2, -0.15) is 0 Å². The second-order valence-corrected chi connectivity index (χ2v) is 7.53. The Morgan fingerprint density at radius 3 is 1.73 bits per heavy atom. The summed E-state index contributed by atoms with van der Waals surface area (Å²) < 4.78 is 0.165. The van der Waals surface area contributed by atoms with E-state index in [-0.39, 0.29) is 2.89 Å². The van der Waals surface area contributed by atoms with Crippen LogP contribution in [0.1, 0.15) is 52.4 Å². The molecule has 3 radical (unpaired) electrons. The van der Waals surface area contributed by atoms with Gasteiger partial charge in [-0.1, -0.05) is 0 Å². The van der Waals surface area contributed by atoms with Crippen LogP contribution < -0.4 is 0 Å². The molecule has 0 saturated carbocycles. The quantitative estimate of drug-likeness (QED) is 0.516. The minimum absolute atomic E-state index is 0.165. The topological polar surface area (TPSA) is 0 Å². The molecule has 0 saturated heterocycles. The molecular formula is C9H18ClSn. The maximum atomic E-state index is 6.33. The minimum atomic E-state index is 0.165. The number of halogens is 1. The van der Waals surface area contributed by atoms with Gasteiger partial charge in [0.15, 0.2) is 0 Å². The van der Waals surface area contributed by atoms with Crippen LogP contribution in [0.25, 0.3) is 0 Å². The average molecular weight is 280 g/mol. The first kappa shape index (κ1) is 12.1. The summed E-state index contributed by atoms with van der Waals surface area (Å²) in [6, 6.07) is 0. The summed E-state index contributed by atoms with van der Waals surface area (Å²) in [6.07, 6.45) is 7.55. The molecule has 0 bridgehead atoms. The summed E-state index contributed by atoms with van der Waals surface area (Å²) in [6.45, 7) is 4.45. The predicted molar refractivity (Wildman–Crippen MR) is 53.4 cm³/mol. The van der Waals surface area contributed by atoms with E-state index in [4.69, 9.17) is 11.6 Å². The second kappa shape index (κ2) is 6.59. The Hall–Kier alpha value is 1.09. The fraction of sp³-hybridized carbons (Fsp3) is 1.00. The van der Waals surface area contributed by atoms with Crippen molar-refractivity contribution in [1.29, 1.82) is 0 Å². The van der Waals surface area contributed by atoms with Gasteiger partial charge in [0, 0.05) is 0 Å². The van der Waals surface area contributed by atoms with E-state index in [2.05, 4.69) is 13.8 Å². The Morgan fingerprint density at radius 1 is 1.09 bits per heavy atom. The van der Waals surface area contributed by atoms with Crippen molar-refractivity contribution in [2.45, 2.75) is 55.3 Å². The second-order valence-electron chi connectivity index (χ2n) is 3.17. The van der Waals surface area contributed by atoms with Crippen LogP contribution in [0.4, 0.5) is 0 Å². The SMILES string of the molecule is CCCC[C](Cl)([Sn])CCCC. The van der Waals surface area contributed by atoms with Gasteiger partial charge in [-0.25, -0.2) is 0 Å². The molecule has 0 aliphatic rings. The van der Waals surface area contributed by atoms with Crippen molar-refractivity contribution in [3.63, 3.8) is 0 Å². The molecule has 0 aromatic rings. The molecule has 65 valence electrons. The molecule has 0 aromatic carbocycles. The number of rotatable bonds is 6. The maximum absolute atomic E-state index is 6.33. The molecule has 0 aliphatic heterocycles.